The van der Waals surface area contributed by atoms with Crippen LogP contribution >= 0.6 is 11.9 Å². The first kappa shape index (κ1) is 24.3. The van der Waals surface area contributed by atoms with Crippen LogP contribution < -0.4 is 5.32 Å². The Labute approximate surface area is 187 Å². The molecule has 0 spiro atoms. The monoisotopic (exact) mass is 460 g/mol. The van der Waals surface area contributed by atoms with E-state index in [-0.39, 0.29) is 18.1 Å². The van der Waals surface area contributed by atoms with Gasteiger partial charge in [0.25, 0.3) is 0 Å². The lowest BCUT2D eigenvalue weighted by atomic mass is 9.80. The molecule has 1 saturated carbocycles. The Kier molecular flexibility index (Phi) is 7.56. The van der Waals surface area contributed by atoms with E-state index in [0.29, 0.717) is 31.8 Å². The molecule has 1 aromatic heterocycles. The highest BCUT2D eigenvalue weighted by Gasteiger charge is 2.50. The minimum atomic E-state index is -4.20. The zero-order valence-electron chi connectivity index (χ0n) is 19.1. The summed E-state index contributed by atoms with van der Waals surface area (Å²) in [7, 11) is 0. The molecule has 0 amide bonds. The molecule has 3 unspecified atom stereocenters. The summed E-state index contributed by atoms with van der Waals surface area (Å²) in [6, 6.07) is -0.613. The number of fused-ring (bicyclic) bond motifs is 1. The number of allylic oxidation sites excluding steroid dienone is 1. The van der Waals surface area contributed by atoms with Gasteiger partial charge in [-0.1, -0.05) is 13.8 Å². The number of halogens is 3. The molecule has 1 aliphatic heterocycles. The molecular formula is C22H35F3N4OS. The summed E-state index contributed by atoms with van der Waals surface area (Å²) >= 11 is 1.59. The average Bonchev–Trinajstić information content (AvgIpc) is 3.18. The normalized spacial score (nSPS) is 25.5. The fourth-order valence-electron chi connectivity index (χ4n) is 4.49. The molecule has 0 aromatic carbocycles. The Morgan fingerprint density at radius 3 is 2.58 bits per heavy atom. The second-order valence-electron chi connectivity index (χ2n) is 9.39. The van der Waals surface area contributed by atoms with Crippen molar-refractivity contribution in [2.24, 2.45) is 5.92 Å². The van der Waals surface area contributed by atoms with Crippen LogP contribution in [-0.4, -0.2) is 43.7 Å². The molecule has 1 aliphatic carbocycles. The van der Waals surface area contributed by atoms with Gasteiger partial charge in [0.15, 0.2) is 5.88 Å². The van der Waals surface area contributed by atoms with Gasteiger partial charge < -0.3 is 10.1 Å². The van der Waals surface area contributed by atoms with Crippen LogP contribution in [0.4, 0.5) is 13.2 Å². The van der Waals surface area contributed by atoms with Crippen molar-refractivity contribution in [1.29, 1.82) is 0 Å². The third-order valence-electron chi connectivity index (χ3n) is 5.70. The van der Waals surface area contributed by atoms with E-state index in [1.807, 2.05) is 49.0 Å². The van der Waals surface area contributed by atoms with Crippen molar-refractivity contribution in [1.82, 2.24) is 19.4 Å². The molecular weight excluding hydrogens is 425 g/mol. The van der Waals surface area contributed by atoms with Gasteiger partial charge in [0.05, 0.1) is 11.6 Å². The Morgan fingerprint density at radius 2 is 2.00 bits per heavy atom. The highest BCUT2D eigenvalue weighted by molar-refractivity contribution is 7.97. The van der Waals surface area contributed by atoms with Gasteiger partial charge in [-0.05, 0) is 64.5 Å². The topological polar surface area (TPSA) is 42.3 Å². The predicted molar refractivity (Wildman–Crippen MR) is 118 cm³/mol. The van der Waals surface area contributed by atoms with Crippen molar-refractivity contribution in [2.45, 2.75) is 97.3 Å². The first-order valence-corrected chi connectivity index (χ1v) is 12.1. The summed E-state index contributed by atoms with van der Waals surface area (Å²) in [6.45, 7) is 11.0. The molecule has 31 heavy (non-hydrogen) atoms. The van der Waals surface area contributed by atoms with Crippen LogP contribution in [0.1, 0.15) is 71.6 Å². The summed E-state index contributed by atoms with van der Waals surface area (Å²) in [5, 5.41) is 7.96. The van der Waals surface area contributed by atoms with Gasteiger partial charge in [0.2, 0.25) is 0 Å². The van der Waals surface area contributed by atoms with Gasteiger partial charge in [-0.3, -0.25) is 4.90 Å². The molecule has 2 aliphatic rings. The first-order valence-electron chi connectivity index (χ1n) is 11.2. The minimum Gasteiger partial charge on any atom is -0.474 e. The van der Waals surface area contributed by atoms with Crippen LogP contribution in [0.2, 0.25) is 0 Å². The number of nitrogens with one attached hydrogen (secondary N) is 1. The molecule has 1 N–H and O–H groups in total. The van der Waals surface area contributed by atoms with Crippen molar-refractivity contribution in [3.05, 3.63) is 29.4 Å². The fraction of sp³-hybridized carbons (Fsp3) is 0.773. The molecule has 2 heterocycles. The summed E-state index contributed by atoms with van der Waals surface area (Å²) in [5.41, 5.74) is 1.58. The maximum Gasteiger partial charge on any atom is 0.393 e. The molecule has 1 fully saturated rings. The zero-order chi connectivity index (χ0) is 22.8. The number of hydrogen-bond donors (Lipinski definition) is 1. The number of rotatable bonds is 7. The van der Waals surface area contributed by atoms with Crippen LogP contribution in [-0.2, 0) is 17.8 Å². The van der Waals surface area contributed by atoms with Crippen molar-refractivity contribution in [3.63, 3.8) is 0 Å². The van der Waals surface area contributed by atoms with Crippen molar-refractivity contribution < 1.29 is 17.9 Å². The van der Waals surface area contributed by atoms with Gasteiger partial charge in [-0.2, -0.15) is 18.3 Å². The highest BCUT2D eigenvalue weighted by atomic mass is 32.2. The smallest absolute Gasteiger partial charge is 0.393 e. The van der Waals surface area contributed by atoms with Crippen molar-refractivity contribution in [3.8, 4) is 0 Å². The molecule has 0 radical (unpaired) electrons. The summed E-state index contributed by atoms with van der Waals surface area (Å²) in [6.07, 6.45) is 1.57. The maximum atomic E-state index is 13.9. The molecule has 1 aromatic rings. The largest absolute Gasteiger partial charge is 0.474 e. The van der Waals surface area contributed by atoms with E-state index in [9.17, 15) is 13.2 Å². The SMILES string of the molecule is CC/C=C(\NC1CCC(C(F)(F)F)C(N2Cc3cn(SCC)nc3C2)C1)OC(C)(C)C. The molecule has 176 valence electrons. The van der Waals surface area contributed by atoms with Crippen LogP contribution in [0, 0.1) is 5.92 Å². The number of hydrogen-bond acceptors (Lipinski definition) is 5. The summed E-state index contributed by atoms with van der Waals surface area (Å²) in [4.78, 5) is 1.97. The van der Waals surface area contributed by atoms with E-state index in [2.05, 4.69) is 17.3 Å². The summed E-state index contributed by atoms with van der Waals surface area (Å²) < 4.78 is 49.5. The van der Waals surface area contributed by atoms with Crippen molar-refractivity contribution in [2.75, 3.05) is 5.75 Å². The molecule has 0 bridgehead atoms. The Morgan fingerprint density at radius 1 is 1.26 bits per heavy atom. The Balaban J connectivity index is 1.72. The third kappa shape index (κ3) is 6.34. The lowest BCUT2D eigenvalue weighted by Crippen LogP contribution is -2.51. The van der Waals surface area contributed by atoms with E-state index in [4.69, 9.17) is 4.74 Å². The number of ether oxygens (including phenoxy) is 1. The van der Waals surface area contributed by atoms with Crippen molar-refractivity contribution >= 4 is 11.9 Å². The molecule has 9 heteroatoms. The Hall–Kier alpha value is -1.35. The Bertz CT molecular complexity index is 748. The zero-order valence-corrected chi connectivity index (χ0v) is 19.9. The van der Waals surface area contributed by atoms with E-state index < -0.39 is 18.1 Å². The van der Waals surface area contributed by atoms with E-state index in [1.54, 1.807) is 11.9 Å². The second-order valence-corrected chi connectivity index (χ2v) is 10.6. The quantitative estimate of drug-likeness (QED) is 0.547. The second kappa shape index (κ2) is 9.65. The lowest BCUT2D eigenvalue weighted by molar-refractivity contribution is -0.201. The number of aromatic nitrogens is 2. The standard InChI is InChI=1S/C22H35F3N4OS/c1-6-8-20(30-21(3,4)5)26-16-9-10-17(22(23,24)25)19(11-16)28-12-15-13-29(31-7-2)27-18(15)14-28/h8,13,16-17,19,26H,6-7,9-12,14H2,1-5H3/b20-8+. The molecule has 3 atom stereocenters. The number of alkyl halides is 3. The van der Waals surface area contributed by atoms with Crippen LogP contribution in [0.25, 0.3) is 0 Å². The van der Waals surface area contributed by atoms with Crippen LogP contribution in [0.5, 0.6) is 0 Å². The number of nitrogens with zero attached hydrogens (tertiary/aromatic N) is 3. The average molecular weight is 461 g/mol. The van der Waals surface area contributed by atoms with Gasteiger partial charge in [-0.15, -0.1) is 0 Å². The van der Waals surface area contributed by atoms with Gasteiger partial charge in [0, 0.05) is 42.7 Å². The maximum absolute atomic E-state index is 13.9. The lowest BCUT2D eigenvalue weighted by Gasteiger charge is -2.42. The van der Waals surface area contributed by atoms with Gasteiger partial charge in [-0.25, -0.2) is 4.09 Å². The first-order chi connectivity index (χ1) is 14.5. The van der Waals surface area contributed by atoms with Crippen LogP contribution in [0.3, 0.4) is 0 Å². The molecule has 3 rings (SSSR count). The van der Waals surface area contributed by atoms with E-state index in [0.717, 1.165) is 23.4 Å². The van der Waals surface area contributed by atoms with Gasteiger partial charge in [0.1, 0.15) is 5.60 Å². The van der Waals surface area contributed by atoms with Crippen LogP contribution in [0.15, 0.2) is 18.2 Å². The predicted octanol–water partition coefficient (Wildman–Crippen LogP) is 5.47. The molecule has 0 saturated heterocycles. The van der Waals surface area contributed by atoms with Gasteiger partial charge >= 0.3 is 6.18 Å². The van der Waals surface area contributed by atoms with E-state index in [1.165, 1.54) is 0 Å². The van der Waals surface area contributed by atoms with E-state index >= 15 is 0 Å². The summed E-state index contributed by atoms with van der Waals surface area (Å²) in [5.74, 6) is 0.261. The highest BCUT2D eigenvalue weighted by Crippen LogP contribution is 2.42. The molecule has 5 nitrogen and oxygen atoms in total. The fourth-order valence-corrected chi connectivity index (χ4v) is 5.12. The minimum absolute atomic E-state index is 0.0488. The third-order valence-corrected chi connectivity index (χ3v) is 6.41.